The number of para-hydroxylation sites is 2. The summed E-state index contributed by atoms with van der Waals surface area (Å²) in [6, 6.07) is 34.5. The van der Waals surface area contributed by atoms with Crippen LogP contribution in [0.4, 0.5) is 22.7 Å². The van der Waals surface area contributed by atoms with Gasteiger partial charge in [0.1, 0.15) is 12.4 Å². The summed E-state index contributed by atoms with van der Waals surface area (Å²) in [6.45, 7) is 1.35. The predicted molar refractivity (Wildman–Crippen MR) is 130 cm³/mol. The maximum Gasteiger partial charge on any atom is 0.143 e. The monoisotopic (exact) mass is 409 g/mol. The molecule has 4 N–H and O–H groups in total. The van der Waals surface area contributed by atoms with Crippen molar-refractivity contribution in [3.05, 3.63) is 114 Å². The molecule has 4 aromatic rings. The van der Waals surface area contributed by atoms with E-state index in [0.717, 1.165) is 41.3 Å². The van der Waals surface area contributed by atoms with Gasteiger partial charge in [-0.15, -0.1) is 0 Å². The zero-order valence-corrected chi connectivity index (χ0v) is 17.4. The van der Waals surface area contributed by atoms with E-state index >= 15 is 0 Å². The molecule has 4 nitrogen and oxygen atoms in total. The van der Waals surface area contributed by atoms with Crippen LogP contribution in [0.2, 0.25) is 0 Å². The van der Waals surface area contributed by atoms with Gasteiger partial charge in [0.25, 0.3) is 0 Å². The molecule has 0 heterocycles. The van der Waals surface area contributed by atoms with Crippen molar-refractivity contribution in [2.75, 3.05) is 22.9 Å². The van der Waals surface area contributed by atoms with Crippen molar-refractivity contribution >= 4 is 22.7 Å². The fourth-order valence-electron chi connectivity index (χ4n) is 3.41. The highest BCUT2D eigenvalue weighted by molar-refractivity contribution is 5.72. The Morgan fingerprint density at radius 3 is 2.10 bits per heavy atom. The van der Waals surface area contributed by atoms with Crippen LogP contribution in [-0.4, -0.2) is 6.54 Å². The summed E-state index contributed by atoms with van der Waals surface area (Å²) in [4.78, 5) is 0. The first-order chi connectivity index (χ1) is 15.3. The molecule has 0 saturated carbocycles. The second-order valence-corrected chi connectivity index (χ2v) is 7.40. The molecule has 0 aromatic heterocycles. The van der Waals surface area contributed by atoms with E-state index < -0.39 is 0 Å². The second kappa shape index (κ2) is 10.2. The van der Waals surface area contributed by atoms with Gasteiger partial charge in [0.15, 0.2) is 0 Å². The van der Waals surface area contributed by atoms with Gasteiger partial charge in [0.2, 0.25) is 0 Å². The lowest BCUT2D eigenvalue weighted by atomic mass is 10.1. The largest absolute Gasteiger partial charge is 0.487 e. The molecule has 4 heteroatoms. The van der Waals surface area contributed by atoms with Gasteiger partial charge in [-0.2, -0.15) is 0 Å². The first-order valence-electron chi connectivity index (χ1n) is 10.5. The molecule has 31 heavy (non-hydrogen) atoms. The quantitative estimate of drug-likeness (QED) is 0.286. The van der Waals surface area contributed by atoms with Crippen molar-refractivity contribution in [2.45, 2.75) is 13.0 Å². The fourth-order valence-corrected chi connectivity index (χ4v) is 3.41. The number of rotatable bonds is 9. The van der Waals surface area contributed by atoms with Gasteiger partial charge in [-0.25, -0.2) is 0 Å². The average molecular weight is 410 g/mol. The summed E-state index contributed by atoms with van der Waals surface area (Å²) in [7, 11) is 0. The van der Waals surface area contributed by atoms with Gasteiger partial charge in [-0.3, -0.25) is 0 Å². The minimum atomic E-state index is 0.517. The number of nitrogens with one attached hydrogen (secondary N) is 2. The maximum atomic E-state index is 6.16. The zero-order chi connectivity index (χ0) is 21.3. The van der Waals surface area contributed by atoms with Crippen LogP contribution in [-0.2, 0) is 13.0 Å². The summed E-state index contributed by atoms with van der Waals surface area (Å²) in [5.74, 6) is 0.798. The van der Waals surface area contributed by atoms with E-state index in [0.29, 0.717) is 12.3 Å². The summed E-state index contributed by atoms with van der Waals surface area (Å²) in [5.41, 5.74) is 12.1. The van der Waals surface area contributed by atoms with E-state index in [1.165, 1.54) is 5.56 Å². The Kier molecular flexibility index (Phi) is 6.71. The summed E-state index contributed by atoms with van der Waals surface area (Å²) >= 11 is 0. The van der Waals surface area contributed by atoms with Gasteiger partial charge in [0.05, 0.1) is 5.69 Å². The summed E-state index contributed by atoms with van der Waals surface area (Å²) in [5, 5.41) is 6.92. The highest BCUT2D eigenvalue weighted by atomic mass is 16.5. The number of anilines is 4. The Balaban J connectivity index is 1.42. The van der Waals surface area contributed by atoms with Crippen LogP contribution in [0.5, 0.6) is 5.75 Å². The Morgan fingerprint density at radius 2 is 1.32 bits per heavy atom. The molecule has 0 amide bonds. The number of nitrogen functional groups attached to an aromatic ring is 1. The third kappa shape index (κ3) is 6.03. The molecule has 0 bridgehead atoms. The van der Waals surface area contributed by atoms with Crippen LogP contribution < -0.4 is 21.1 Å². The van der Waals surface area contributed by atoms with Crippen molar-refractivity contribution in [1.29, 1.82) is 0 Å². The topological polar surface area (TPSA) is 59.3 Å². The van der Waals surface area contributed by atoms with Gasteiger partial charge in [-0.1, -0.05) is 72.8 Å². The second-order valence-electron chi connectivity index (χ2n) is 7.40. The Morgan fingerprint density at radius 1 is 0.677 bits per heavy atom. The molecule has 0 atom stereocenters. The minimum absolute atomic E-state index is 0.517. The lowest BCUT2D eigenvalue weighted by Crippen LogP contribution is -2.06. The van der Waals surface area contributed by atoms with Crippen LogP contribution in [0.1, 0.15) is 11.1 Å². The Labute approximate surface area is 183 Å². The van der Waals surface area contributed by atoms with Crippen LogP contribution in [0.3, 0.4) is 0 Å². The van der Waals surface area contributed by atoms with Gasteiger partial charge in [0, 0.05) is 23.6 Å². The Bertz CT molecular complexity index is 1100. The average Bonchev–Trinajstić information content (AvgIpc) is 2.80. The predicted octanol–water partition coefficient (Wildman–Crippen LogP) is 6.25. The normalized spacial score (nSPS) is 10.5. The van der Waals surface area contributed by atoms with Crippen LogP contribution in [0, 0.1) is 0 Å². The standard InChI is InChI=1S/C27H27N3O/c28-23-17-24(29-16-15-21-9-3-1-4-10-21)19-25(18-23)30-26-13-7-8-14-27(26)31-20-22-11-5-2-6-12-22/h1-14,17-19,29-30H,15-16,20,28H2. The molecule has 156 valence electrons. The molecule has 0 unspecified atom stereocenters. The van der Waals surface area contributed by atoms with Crippen molar-refractivity contribution in [2.24, 2.45) is 0 Å². The van der Waals surface area contributed by atoms with Crippen molar-refractivity contribution in [3.63, 3.8) is 0 Å². The molecular formula is C27H27N3O. The lowest BCUT2D eigenvalue weighted by Gasteiger charge is -2.15. The lowest BCUT2D eigenvalue weighted by molar-refractivity contribution is 0.308. The molecule has 0 aliphatic rings. The molecule has 0 saturated heterocycles. The molecule has 4 aromatic carbocycles. The third-order valence-corrected chi connectivity index (χ3v) is 4.94. The minimum Gasteiger partial charge on any atom is -0.487 e. The molecule has 0 spiro atoms. The van der Waals surface area contributed by atoms with Crippen molar-refractivity contribution in [1.82, 2.24) is 0 Å². The number of hydrogen-bond acceptors (Lipinski definition) is 4. The zero-order valence-electron chi connectivity index (χ0n) is 17.4. The smallest absolute Gasteiger partial charge is 0.143 e. The summed E-state index contributed by atoms with van der Waals surface area (Å²) in [6.07, 6.45) is 0.953. The number of hydrogen-bond donors (Lipinski definition) is 3. The van der Waals surface area contributed by atoms with Crippen LogP contribution in [0.15, 0.2) is 103 Å². The van der Waals surface area contributed by atoms with Gasteiger partial charge in [-0.05, 0) is 47.9 Å². The fraction of sp³-hybridized carbons (Fsp3) is 0.111. The number of nitrogens with two attached hydrogens (primary N) is 1. The van der Waals surface area contributed by atoms with Gasteiger partial charge < -0.3 is 21.1 Å². The van der Waals surface area contributed by atoms with Gasteiger partial charge >= 0.3 is 0 Å². The van der Waals surface area contributed by atoms with E-state index in [4.69, 9.17) is 10.5 Å². The number of ether oxygens (including phenoxy) is 1. The van der Waals surface area contributed by atoms with Crippen molar-refractivity contribution < 1.29 is 4.74 Å². The third-order valence-electron chi connectivity index (χ3n) is 4.94. The van der Waals surface area contributed by atoms with E-state index in [-0.39, 0.29) is 0 Å². The summed E-state index contributed by atoms with van der Waals surface area (Å²) < 4.78 is 6.06. The maximum absolute atomic E-state index is 6.16. The number of benzene rings is 4. The van der Waals surface area contributed by atoms with Crippen molar-refractivity contribution in [3.8, 4) is 5.75 Å². The van der Waals surface area contributed by atoms with E-state index in [1.807, 2.05) is 60.7 Å². The Hall–Kier alpha value is -3.92. The van der Waals surface area contributed by atoms with E-state index in [2.05, 4.69) is 53.1 Å². The SMILES string of the molecule is Nc1cc(NCCc2ccccc2)cc(Nc2ccccc2OCc2ccccc2)c1. The molecule has 0 fully saturated rings. The van der Waals surface area contributed by atoms with E-state index in [9.17, 15) is 0 Å². The molecule has 0 aliphatic heterocycles. The van der Waals surface area contributed by atoms with Crippen LogP contribution in [0.25, 0.3) is 0 Å². The first-order valence-corrected chi connectivity index (χ1v) is 10.5. The molecular weight excluding hydrogens is 382 g/mol. The molecule has 0 aliphatic carbocycles. The molecule has 0 radical (unpaired) electrons. The highest BCUT2D eigenvalue weighted by Gasteiger charge is 2.06. The molecule has 4 rings (SSSR count). The van der Waals surface area contributed by atoms with E-state index in [1.54, 1.807) is 0 Å². The first kappa shape index (κ1) is 20.4. The van der Waals surface area contributed by atoms with Crippen LogP contribution >= 0.6 is 0 Å². The highest BCUT2D eigenvalue weighted by Crippen LogP contribution is 2.30.